The summed E-state index contributed by atoms with van der Waals surface area (Å²) in [4.78, 5) is 18.7. The van der Waals surface area contributed by atoms with Crippen molar-refractivity contribution < 1.29 is 4.79 Å². The number of nitrogens with zero attached hydrogens (tertiary/aromatic N) is 4. The average Bonchev–Trinajstić information content (AvgIpc) is 3.00. The first-order chi connectivity index (χ1) is 11.7. The van der Waals surface area contributed by atoms with Crippen LogP contribution in [0.2, 0.25) is 0 Å². The summed E-state index contributed by atoms with van der Waals surface area (Å²) >= 11 is 1.83. The summed E-state index contributed by atoms with van der Waals surface area (Å²) in [7, 11) is 1.93. The Kier molecular flexibility index (Phi) is 4.41. The first kappa shape index (κ1) is 15.8. The monoisotopic (exact) mass is 344 g/mol. The van der Waals surface area contributed by atoms with Crippen molar-refractivity contribution in [1.82, 2.24) is 19.6 Å². The fraction of sp³-hybridized carbons (Fsp3) is 0.556. The molecule has 1 aliphatic heterocycles. The molecule has 128 valence electrons. The van der Waals surface area contributed by atoms with Crippen LogP contribution in [0, 0.1) is 5.92 Å². The molecule has 2 aliphatic rings. The Bertz CT molecular complexity index is 688. The molecule has 1 saturated heterocycles. The van der Waals surface area contributed by atoms with Crippen molar-refractivity contribution in [1.29, 1.82) is 0 Å². The number of amides is 1. The Balaban J connectivity index is 1.23. The second-order valence-corrected chi connectivity index (χ2v) is 7.92. The lowest BCUT2D eigenvalue weighted by molar-refractivity contribution is -0.134. The van der Waals surface area contributed by atoms with Crippen LogP contribution in [0.5, 0.6) is 0 Å². The van der Waals surface area contributed by atoms with Crippen molar-refractivity contribution in [3.05, 3.63) is 40.3 Å². The topological polar surface area (TPSA) is 41.4 Å². The maximum absolute atomic E-state index is 12.7. The van der Waals surface area contributed by atoms with E-state index in [1.807, 2.05) is 35.5 Å². The Labute approximate surface area is 146 Å². The van der Waals surface area contributed by atoms with Crippen LogP contribution >= 0.6 is 11.3 Å². The van der Waals surface area contributed by atoms with Crippen molar-refractivity contribution in [2.24, 2.45) is 13.0 Å². The molecule has 3 heterocycles. The van der Waals surface area contributed by atoms with Crippen molar-refractivity contribution >= 4 is 17.2 Å². The minimum Gasteiger partial charge on any atom is -0.340 e. The highest BCUT2D eigenvalue weighted by molar-refractivity contribution is 7.09. The quantitative estimate of drug-likeness (QED) is 0.833. The maximum Gasteiger partial charge on any atom is 0.226 e. The molecular formula is C18H24N4OS. The number of piperazine rings is 1. The molecule has 2 fully saturated rings. The summed E-state index contributed by atoms with van der Waals surface area (Å²) in [5.41, 5.74) is 1.21. The van der Waals surface area contributed by atoms with Gasteiger partial charge in [0.15, 0.2) is 0 Å². The van der Waals surface area contributed by atoms with Crippen molar-refractivity contribution in [2.45, 2.75) is 18.8 Å². The summed E-state index contributed by atoms with van der Waals surface area (Å²) in [5.74, 6) is 0.927. The largest absolute Gasteiger partial charge is 0.340 e. The number of hydrogen-bond donors (Lipinski definition) is 0. The van der Waals surface area contributed by atoms with Crippen LogP contribution in [0.25, 0.3) is 0 Å². The Morgan fingerprint density at radius 3 is 2.83 bits per heavy atom. The summed E-state index contributed by atoms with van der Waals surface area (Å²) in [6.45, 7) is 4.85. The van der Waals surface area contributed by atoms with Gasteiger partial charge in [0.2, 0.25) is 5.91 Å². The Morgan fingerprint density at radius 1 is 1.33 bits per heavy atom. The molecule has 5 nitrogen and oxygen atoms in total. The zero-order valence-corrected chi connectivity index (χ0v) is 14.9. The van der Waals surface area contributed by atoms with E-state index >= 15 is 0 Å². The SMILES string of the molecule is Cn1cc([C@@H]2C[C@@H]2C(=O)N2CCN(CCc3cccs3)CC2)cn1. The molecule has 24 heavy (non-hydrogen) atoms. The first-order valence-electron chi connectivity index (χ1n) is 8.73. The fourth-order valence-corrected chi connectivity index (χ4v) is 4.32. The van der Waals surface area contributed by atoms with E-state index in [4.69, 9.17) is 0 Å². The van der Waals surface area contributed by atoms with E-state index in [2.05, 4.69) is 32.4 Å². The van der Waals surface area contributed by atoms with Gasteiger partial charge in [-0.05, 0) is 35.8 Å². The lowest BCUT2D eigenvalue weighted by Gasteiger charge is -2.34. The minimum absolute atomic E-state index is 0.187. The molecule has 0 N–H and O–H groups in total. The summed E-state index contributed by atoms with van der Waals surface area (Å²) < 4.78 is 1.82. The van der Waals surface area contributed by atoms with Crippen LogP contribution in [-0.2, 0) is 18.3 Å². The van der Waals surface area contributed by atoms with E-state index in [-0.39, 0.29) is 5.92 Å². The highest BCUT2D eigenvalue weighted by Crippen LogP contribution is 2.48. The summed E-state index contributed by atoms with van der Waals surface area (Å²) in [6.07, 6.45) is 6.06. The normalized spacial score (nSPS) is 24.3. The van der Waals surface area contributed by atoms with Gasteiger partial charge in [-0.25, -0.2) is 0 Å². The Morgan fingerprint density at radius 2 is 2.17 bits per heavy atom. The first-order valence-corrected chi connectivity index (χ1v) is 9.61. The highest BCUT2D eigenvalue weighted by atomic mass is 32.1. The summed E-state index contributed by atoms with van der Waals surface area (Å²) in [6, 6.07) is 4.32. The number of aromatic nitrogens is 2. The van der Waals surface area contributed by atoms with Gasteiger partial charge in [-0.3, -0.25) is 14.4 Å². The third kappa shape index (κ3) is 3.39. The molecule has 2 aromatic rings. The average molecular weight is 344 g/mol. The fourth-order valence-electron chi connectivity index (χ4n) is 3.62. The second kappa shape index (κ2) is 6.69. The lowest BCUT2D eigenvalue weighted by Crippen LogP contribution is -2.49. The number of hydrogen-bond acceptors (Lipinski definition) is 4. The van der Waals surface area contributed by atoms with Gasteiger partial charge < -0.3 is 4.90 Å². The van der Waals surface area contributed by atoms with Gasteiger partial charge >= 0.3 is 0 Å². The van der Waals surface area contributed by atoms with E-state index in [1.54, 1.807) is 0 Å². The molecule has 1 amide bonds. The third-order valence-electron chi connectivity index (χ3n) is 5.20. The maximum atomic E-state index is 12.7. The van der Waals surface area contributed by atoms with Crippen LogP contribution in [0.1, 0.15) is 22.8 Å². The predicted molar refractivity (Wildman–Crippen MR) is 95.1 cm³/mol. The molecule has 0 radical (unpaired) electrons. The number of thiophene rings is 1. The molecule has 1 aliphatic carbocycles. The second-order valence-electron chi connectivity index (χ2n) is 6.89. The molecule has 0 spiro atoms. The molecule has 0 aromatic carbocycles. The predicted octanol–water partition coefficient (Wildman–Crippen LogP) is 1.97. The Hall–Kier alpha value is -1.66. The molecule has 0 unspecified atom stereocenters. The van der Waals surface area contributed by atoms with Crippen molar-refractivity contribution in [2.75, 3.05) is 32.7 Å². The van der Waals surface area contributed by atoms with E-state index in [0.717, 1.165) is 45.6 Å². The van der Waals surface area contributed by atoms with Crippen LogP contribution in [0.4, 0.5) is 0 Å². The van der Waals surface area contributed by atoms with Crippen molar-refractivity contribution in [3.8, 4) is 0 Å². The van der Waals surface area contributed by atoms with Crippen LogP contribution < -0.4 is 0 Å². The number of aryl methyl sites for hydroxylation is 1. The smallest absolute Gasteiger partial charge is 0.226 e. The van der Waals surface area contributed by atoms with Crippen LogP contribution in [0.15, 0.2) is 29.9 Å². The molecule has 2 atom stereocenters. The van der Waals surface area contributed by atoms with Crippen LogP contribution in [-0.4, -0.2) is 58.2 Å². The zero-order valence-electron chi connectivity index (χ0n) is 14.1. The molecule has 4 rings (SSSR count). The van der Waals surface area contributed by atoms with E-state index in [1.165, 1.54) is 10.4 Å². The molecule has 0 bridgehead atoms. The van der Waals surface area contributed by atoms with Gasteiger partial charge in [-0.2, -0.15) is 5.10 Å². The number of carbonyl (C=O) groups excluding carboxylic acids is 1. The lowest BCUT2D eigenvalue weighted by atomic mass is 10.1. The third-order valence-corrected chi connectivity index (χ3v) is 6.14. The number of rotatable bonds is 5. The molecule has 2 aromatic heterocycles. The van der Waals surface area contributed by atoms with E-state index < -0.39 is 0 Å². The molecule has 6 heteroatoms. The molecule has 1 saturated carbocycles. The van der Waals surface area contributed by atoms with Gasteiger partial charge in [0.1, 0.15) is 0 Å². The van der Waals surface area contributed by atoms with E-state index in [0.29, 0.717) is 11.8 Å². The van der Waals surface area contributed by atoms with Crippen LogP contribution in [0.3, 0.4) is 0 Å². The van der Waals surface area contributed by atoms with Gasteiger partial charge in [0, 0.05) is 56.8 Å². The van der Waals surface area contributed by atoms with Gasteiger partial charge in [0.25, 0.3) is 0 Å². The van der Waals surface area contributed by atoms with Gasteiger partial charge in [0.05, 0.1) is 6.20 Å². The van der Waals surface area contributed by atoms with E-state index in [9.17, 15) is 4.79 Å². The zero-order chi connectivity index (χ0) is 16.5. The van der Waals surface area contributed by atoms with Crippen molar-refractivity contribution in [3.63, 3.8) is 0 Å². The number of carbonyl (C=O) groups is 1. The summed E-state index contributed by atoms with van der Waals surface area (Å²) in [5, 5.41) is 6.36. The van der Waals surface area contributed by atoms with Gasteiger partial charge in [-0.1, -0.05) is 6.07 Å². The standard InChI is InChI=1S/C18H24N4OS/c1-20-13-14(12-19-20)16-11-17(16)18(23)22-8-6-21(7-9-22)5-4-15-3-2-10-24-15/h2-3,10,12-13,16-17H,4-9,11H2,1H3/t16-,17-/m0/s1. The molecular weight excluding hydrogens is 320 g/mol. The van der Waals surface area contributed by atoms with Gasteiger partial charge in [-0.15, -0.1) is 11.3 Å². The highest BCUT2D eigenvalue weighted by Gasteiger charge is 2.46. The minimum atomic E-state index is 0.187.